The van der Waals surface area contributed by atoms with Crippen molar-refractivity contribution in [2.75, 3.05) is 11.9 Å². The molecule has 1 aliphatic rings. The molecular formula is C13H15BrClFN2O. The maximum Gasteiger partial charge on any atom is 0.241 e. The van der Waals surface area contributed by atoms with E-state index in [1.165, 1.54) is 12.1 Å². The van der Waals surface area contributed by atoms with Gasteiger partial charge in [0.1, 0.15) is 5.82 Å². The largest absolute Gasteiger partial charge is 0.322 e. The Morgan fingerprint density at radius 1 is 1.58 bits per heavy atom. The summed E-state index contributed by atoms with van der Waals surface area (Å²) in [5.74, 6) is -0.313. The summed E-state index contributed by atoms with van der Waals surface area (Å²) < 4.78 is 13.6. The standard InChI is InChI=1S/C13H15BrClFN2O/c1-7-3-2-4-17-11(7)13(19)18-12-9(14)5-8(16)6-10(12)15/h5-7,11,17H,2-4H2,1H3,(H,18,19). The minimum absolute atomic E-state index is 0.138. The molecular weight excluding hydrogens is 335 g/mol. The second kappa shape index (κ2) is 6.20. The molecule has 3 nitrogen and oxygen atoms in total. The van der Waals surface area contributed by atoms with Crippen molar-refractivity contribution in [3.63, 3.8) is 0 Å². The van der Waals surface area contributed by atoms with Gasteiger partial charge in [0.15, 0.2) is 0 Å². The highest BCUT2D eigenvalue weighted by Crippen LogP contribution is 2.32. The van der Waals surface area contributed by atoms with Crippen LogP contribution in [-0.4, -0.2) is 18.5 Å². The first-order valence-electron chi connectivity index (χ1n) is 6.18. The van der Waals surface area contributed by atoms with Crippen molar-refractivity contribution < 1.29 is 9.18 Å². The number of amides is 1. The maximum absolute atomic E-state index is 13.1. The Bertz CT molecular complexity index is 475. The molecule has 1 fully saturated rings. The van der Waals surface area contributed by atoms with Crippen molar-refractivity contribution in [3.8, 4) is 0 Å². The fourth-order valence-corrected chi connectivity index (χ4v) is 3.16. The summed E-state index contributed by atoms with van der Waals surface area (Å²) in [6, 6.07) is 2.22. The maximum atomic E-state index is 13.1. The molecule has 0 bridgehead atoms. The third-order valence-corrected chi connectivity index (χ3v) is 4.23. The van der Waals surface area contributed by atoms with Crippen LogP contribution in [0, 0.1) is 11.7 Å². The van der Waals surface area contributed by atoms with Crippen LogP contribution < -0.4 is 10.6 Å². The molecule has 2 rings (SSSR count). The zero-order valence-corrected chi connectivity index (χ0v) is 12.8. The summed E-state index contributed by atoms with van der Waals surface area (Å²) in [6.45, 7) is 2.87. The Morgan fingerprint density at radius 3 is 2.95 bits per heavy atom. The van der Waals surface area contributed by atoms with E-state index < -0.39 is 5.82 Å². The van der Waals surface area contributed by atoms with Crippen LogP contribution in [0.15, 0.2) is 16.6 Å². The van der Waals surface area contributed by atoms with Gasteiger partial charge < -0.3 is 10.6 Å². The number of carbonyl (C=O) groups is 1. The number of benzene rings is 1. The van der Waals surface area contributed by atoms with E-state index in [4.69, 9.17) is 11.6 Å². The molecule has 104 valence electrons. The fraction of sp³-hybridized carbons (Fsp3) is 0.462. The Hall–Kier alpha value is -0.650. The summed E-state index contributed by atoms with van der Waals surface area (Å²) in [4.78, 5) is 12.2. The summed E-state index contributed by atoms with van der Waals surface area (Å²) >= 11 is 9.16. The number of nitrogens with one attached hydrogen (secondary N) is 2. The molecule has 0 spiro atoms. The molecule has 1 aliphatic heterocycles. The predicted octanol–water partition coefficient (Wildman–Crippen LogP) is 3.57. The molecule has 1 aromatic rings. The minimum atomic E-state index is -0.445. The van der Waals surface area contributed by atoms with Gasteiger partial charge in [0.2, 0.25) is 5.91 Å². The van der Waals surface area contributed by atoms with Gasteiger partial charge in [-0.2, -0.15) is 0 Å². The quantitative estimate of drug-likeness (QED) is 0.857. The first-order valence-corrected chi connectivity index (χ1v) is 7.35. The van der Waals surface area contributed by atoms with Crippen molar-refractivity contribution >= 4 is 39.1 Å². The molecule has 0 saturated carbocycles. The molecule has 1 aromatic carbocycles. The lowest BCUT2D eigenvalue weighted by Crippen LogP contribution is -2.48. The van der Waals surface area contributed by atoms with E-state index in [-0.39, 0.29) is 22.9 Å². The Labute approximate surface area is 125 Å². The number of piperidine rings is 1. The number of halogens is 3. The van der Waals surface area contributed by atoms with Crippen molar-refractivity contribution in [2.45, 2.75) is 25.8 Å². The van der Waals surface area contributed by atoms with E-state index in [0.29, 0.717) is 10.2 Å². The first kappa shape index (κ1) is 14.8. The third-order valence-electron chi connectivity index (χ3n) is 3.31. The summed E-state index contributed by atoms with van der Waals surface area (Å²) in [5, 5.41) is 6.14. The number of rotatable bonds is 2. The Balaban J connectivity index is 2.14. The Morgan fingerprint density at radius 2 is 2.32 bits per heavy atom. The van der Waals surface area contributed by atoms with E-state index in [1.807, 2.05) is 6.92 Å². The van der Waals surface area contributed by atoms with Crippen molar-refractivity contribution in [1.82, 2.24) is 5.32 Å². The lowest BCUT2D eigenvalue weighted by atomic mass is 9.92. The van der Waals surface area contributed by atoms with Gasteiger partial charge in [-0.3, -0.25) is 4.79 Å². The Kier molecular flexibility index (Phi) is 4.81. The van der Waals surface area contributed by atoms with Crippen LogP contribution in [0.1, 0.15) is 19.8 Å². The van der Waals surface area contributed by atoms with E-state index in [9.17, 15) is 9.18 Å². The topological polar surface area (TPSA) is 41.1 Å². The lowest BCUT2D eigenvalue weighted by Gasteiger charge is -2.29. The van der Waals surface area contributed by atoms with E-state index in [2.05, 4.69) is 26.6 Å². The van der Waals surface area contributed by atoms with Crippen LogP contribution in [0.25, 0.3) is 0 Å². The van der Waals surface area contributed by atoms with Crippen molar-refractivity contribution in [1.29, 1.82) is 0 Å². The summed E-state index contributed by atoms with van der Waals surface area (Å²) in [7, 11) is 0. The van der Waals surface area contributed by atoms with Crippen molar-refractivity contribution in [2.24, 2.45) is 5.92 Å². The SMILES string of the molecule is CC1CCCNC1C(=O)Nc1c(Cl)cc(F)cc1Br. The monoisotopic (exact) mass is 348 g/mol. The third kappa shape index (κ3) is 3.46. The van der Waals surface area contributed by atoms with E-state index in [1.54, 1.807) is 0 Å². The lowest BCUT2D eigenvalue weighted by molar-refractivity contribution is -0.119. The van der Waals surface area contributed by atoms with Crippen LogP contribution in [-0.2, 0) is 4.79 Å². The van der Waals surface area contributed by atoms with Crippen LogP contribution in [0.4, 0.5) is 10.1 Å². The van der Waals surface area contributed by atoms with Crippen LogP contribution in [0.5, 0.6) is 0 Å². The van der Waals surface area contributed by atoms with Crippen LogP contribution >= 0.6 is 27.5 Å². The van der Waals surface area contributed by atoms with Crippen LogP contribution in [0.2, 0.25) is 5.02 Å². The molecule has 2 N–H and O–H groups in total. The van der Waals surface area contributed by atoms with Gasteiger partial charge in [-0.05, 0) is 53.4 Å². The van der Waals surface area contributed by atoms with Gasteiger partial charge in [0.25, 0.3) is 0 Å². The van der Waals surface area contributed by atoms with Gasteiger partial charge in [-0.25, -0.2) is 4.39 Å². The number of hydrogen-bond acceptors (Lipinski definition) is 2. The van der Waals surface area contributed by atoms with Crippen molar-refractivity contribution in [3.05, 3.63) is 27.4 Å². The molecule has 0 radical (unpaired) electrons. The number of hydrogen-bond donors (Lipinski definition) is 2. The highest BCUT2D eigenvalue weighted by Gasteiger charge is 2.28. The van der Waals surface area contributed by atoms with Gasteiger partial charge >= 0.3 is 0 Å². The molecule has 6 heteroatoms. The summed E-state index contributed by atoms with van der Waals surface area (Å²) in [5.41, 5.74) is 0.410. The highest BCUT2D eigenvalue weighted by molar-refractivity contribution is 9.10. The second-order valence-corrected chi connectivity index (χ2v) is 6.05. The zero-order chi connectivity index (χ0) is 14.0. The summed E-state index contributed by atoms with van der Waals surface area (Å²) in [6.07, 6.45) is 2.09. The fourth-order valence-electron chi connectivity index (χ4n) is 2.26. The number of carbonyl (C=O) groups excluding carboxylic acids is 1. The molecule has 0 aromatic heterocycles. The molecule has 1 amide bonds. The molecule has 0 aliphatic carbocycles. The molecule has 2 unspecified atom stereocenters. The van der Waals surface area contributed by atoms with Crippen LogP contribution in [0.3, 0.4) is 0 Å². The molecule has 2 atom stereocenters. The second-order valence-electron chi connectivity index (χ2n) is 4.78. The van der Waals surface area contributed by atoms with Gasteiger partial charge in [0.05, 0.1) is 16.8 Å². The molecule has 1 heterocycles. The van der Waals surface area contributed by atoms with E-state index in [0.717, 1.165) is 19.4 Å². The molecule has 1 saturated heterocycles. The minimum Gasteiger partial charge on any atom is -0.322 e. The zero-order valence-electron chi connectivity index (χ0n) is 10.5. The van der Waals surface area contributed by atoms with Gasteiger partial charge in [-0.1, -0.05) is 18.5 Å². The van der Waals surface area contributed by atoms with E-state index >= 15 is 0 Å². The predicted molar refractivity (Wildman–Crippen MR) is 77.9 cm³/mol. The van der Waals surface area contributed by atoms with Gasteiger partial charge in [0, 0.05) is 4.47 Å². The average molecular weight is 350 g/mol. The highest BCUT2D eigenvalue weighted by atomic mass is 79.9. The first-order chi connectivity index (χ1) is 8.99. The average Bonchev–Trinajstić information content (AvgIpc) is 2.34. The normalized spacial score (nSPS) is 23.2. The van der Waals surface area contributed by atoms with Gasteiger partial charge in [-0.15, -0.1) is 0 Å². The molecule has 19 heavy (non-hydrogen) atoms. The number of anilines is 1. The smallest absolute Gasteiger partial charge is 0.241 e.